The van der Waals surface area contributed by atoms with Crippen LogP contribution in [0.25, 0.3) is 0 Å². The number of aliphatic carboxylic acids is 1. The zero-order chi connectivity index (χ0) is 28.6. The van der Waals surface area contributed by atoms with E-state index in [1.165, 1.54) is 4.90 Å². The van der Waals surface area contributed by atoms with Crippen LogP contribution in [0.4, 0.5) is 31.1 Å². The smallest absolute Gasteiger partial charge is 0.425 e. The molecule has 1 aromatic rings. The molecule has 0 bridgehead atoms. The molecule has 13 heteroatoms. The highest BCUT2D eigenvalue weighted by molar-refractivity contribution is 5.70. The van der Waals surface area contributed by atoms with Gasteiger partial charge < -0.3 is 14.7 Å². The molecule has 3 aliphatic heterocycles. The second-order valence-corrected chi connectivity index (χ2v) is 10.9. The summed E-state index contributed by atoms with van der Waals surface area (Å²) in [7, 11) is 0. The van der Waals surface area contributed by atoms with Gasteiger partial charge in [-0.1, -0.05) is 6.07 Å². The molecule has 3 fully saturated rings. The van der Waals surface area contributed by atoms with Crippen LogP contribution in [0, 0.1) is 5.92 Å². The van der Waals surface area contributed by atoms with Crippen molar-refractivity contribution in [1.29, 1.82) is 0 Å². The Morgan fingerprint density at radius 1 is 1.00 bits per heavy atom. The number of alkyl halides is 6. The molecule has 2 unspecified atom stereocenters. The number of carboxylic acid groups (broad SMARTS) is 1. The fraction of sp³-hybridized carbons (Fsp3) is 0.692. The van der Waals surface area contributed by atoms with E-state index in [2.05, 4.69) is 9.64 Å². The van der Waals surface area contributed by atoms with E-state index < -0.39 is 42.0 Å². The number of carbonyl (C=O) groups excluding carboxylic acids is 1. The topological polar surface area (TPSA) is 73.3 Å². The van der Waals surface area contributed by atoms with Gasteiger partial charge in [-0.25, -0.2) is 4.79 Å². The molecular formula is C26H33F6N3O4. The normalized spacial score (nSPS) is 23.4. The van der Waals surface area contributed by atoms with Crippen molar-refractivity contribution in [3.63, 3.8) is 0 Å². The number of hydrogen-bond donors (Lipinski definition) is 1. The molecule has 1 spiro atoms. The van der Waals surface area contributed by atoms with Gasteiger partial charge in [-0.15, -0.1) is 0 Å². The van der Waals surface area contributed by atoms with E-state index in [4.69, 9.17) is 0 Å². The molecule has 3 aliphatic rings. The molecule has 3 heterocycles. The van der Waals surface area contributed by atoms with Crippen LogP contribution in [0.3, 0.4) is 0 Å². The van der Waals surface area contributed by atoms with E-state index in [1.54, 1.807) is 6.07 Å². The summed E-state index contributed by atoms with van der Waals surface area (Å²) >= 11 is 0. The minimum Gasteiger partial charge on any atom is -0.481 e. The van der Waals surface area contributed by atoms with Gasteiger partial charge in [0.15, 0.2) is 6.10 Å². The number of halogens is 6. The number of carbonyl (C=O) groups is 2. The van der Waals surface area contributed by atoms with Gasteiger partial charge in [0.25, 0.3) is 0 Å². The van der Waals surface area contributed by atoms with Crippen molar-refractivity contribution in [1.82, 2.24) is 14.7 Å². The summed E-state index contributed by atoms with van der Waals surface area (Å²) in [6.45, 7) is 3.12. The number of likely N-dealkylation sites (tertiary alicyclic amines) is 3. The third kappa shape index (κ3) is 6.97. The van der Waals surface area contributed by atoms with Crippen molar-refractivity contribution in [3.8, 4) is 0 Å². The highest BCUT2D eigenvalue weighted by Crippen LogP contribution is 2.40. The number of nitrogens with zero attached hydrogens (tertiary/aromatic N) is 3. The Hall–Kier alpha value is -2.54. The molecule has 218 valence electrons. The molecule has 0 radical (unpaired) electrons. The molecule has 1 N–H and O–H groups in total. The molecule has 2 atom stereocenters. The predicted molar refractivity (Wildman–Crippen MR) is 128 cm³/mol. The lowest BCUT2D eigenvalue weighted by Gasteiger charge is -2.45. The summed E-state index contributed by atoms with van der Waals surface area (Å²) in [5.74, 6) is -1.43. The Labute approximate surface area is 222 Å². The number of piperidine rings is 1. The minimum atomic E-state index is -4.65. The van der Waals surface area contributed by atoms with Gasteiger partial charge >= 0.3 is 24.4 Å². The van der Waals surface area contributed by atoms with Gasteiger partial charge in [0.1, 0.15) is 0 Å². The van der Waals surface area contributed by atoms with Crippen LogP contribution in [0.2, 0.25) is 0 Å². The summed E-state index contributed by atoms with van der Waals surface area (Å²) < 4.78 is 84.1. The summed E-state index contributed by atoms with van der Waals surface area (Å²) in [5, 5.41) is 9.23. The van der Waals surface area contributed by atoms with Crippen LogP contribution >= 0.6 is 0 Å². The molecular weight excluding hydrogens is 532 g/mol. The lowest BCUT2D eigenvalue weighted by Crippen LogP contribution is -2.53. The second-order valence-electron chi connectivity index (χ2n) is 10.9. The maximum atomic E-state index is 13.7. The van der Waals surface area contributed by atoms with Crippen molar-refractivity contribution in [3.05, 3.63) is 34.9 Å². The van der Waals surface area contributed by atoms with Gasteiger partial charge in [0, 0.05) is 38.3 Å². The Balaban J connectivity index is 1.44. The molecule has 1 aromatic carbocycles. The number of carboxylic acids is 1. The molecule has 0 saturated carbocycles. The first-order valence-electron chi connectivity index (χ1n) is 13.1. The average molecular weight is 566 g/mol. The Bertz CT molecular complexity index is 1060. The van der Waals surface area contributed by atoms with E-state index in [9.17, 15) is 41.0 Å². The Kier molecular flexibility index (Phi) is 8.42. The number of hydrogen-bond acceptors (Lipinski definition) is 5. The maximum Gasteiger partial charge on any atom is 0.425 e. The molecule has 0 aliphatic carbocycles. The summed E-state index contributed by atoms with van der Waals surface area (Å²) in [6.07, 6.45) is -9.39. The summed E-state index contributed by atoms with van der Waals surface area (Å²) in [5.41, 5.74) is -0.148. The van der Waals surface area contributed by atoms with Crippen LogP contribution in [0.15, 0.2) is 18.2 Å². The number of amides is 1. The van der Waals surface area contributed by atoms with E-state index in [-0.39, 0.29) is 38.3 Å². The average Bonchev–Trinajstić information content (AvgIpc) is 3.46. The fourth-order valence-electron chi connectivity index (χ4n) is 5.97. The zero-order valence-corrected chi connectivity index (χ0v) is 21.7. The SMILES string of the molecule is CC(OC(=O)N1CCC2(CCCN2Cc2cc(CN3CCC(C(=O)O)C3)cc(C(F)(F)F)c2)CC1)C(F)(F)F. The standard InChI is InChI=1S/C26H33F6N3O4/c1-17(25(27,28)29)39-23(38)34-9-5-24(6-10-34)4-2-7-35(24)15-19-11-18(12-21(13-19)26(30,31)32)14-33-8-3-20(16-33)22(36)37/h11-13,17,20H,2-10,14-16H2,1H3,(H,36,37). The van der Waals surface area contributed by atoms with Crippen LogP contribution in [-0.2, 0) is 28.8 Å². The van der Waals surface area contributed by atoms with Crippen LogP contribution < -0.4 is 0 Å². The Morgan fingerprint density at radius 3 is 2.21 bits per heavy atom. The number of ether oxygens (including phenoxy) is 1. The lowest BCUT2D eigenvalue weighted by atomic mass is 9.84. The van der Waals surface area contributed by atoms with Crippen molar-refractivity contribution in [2.24, 2.45) is 5.92 Å². The van der Waals surface area contributed by atoms with Crippen molar-refractivity contribution >= 4 is 12.1 Å². The highest BCUT2D eigenvalue weighted by Gasteiger charge is 2.45. The second kappa shape index (κ2) is 11.1. The third-order valence-corrected chi connectivity index (χ3v) is 8.21. The number of rotatable bonds is 6. The largest absolute Gasteiger partial charge is 0.481 e. The van der Waals surface area contributed by atoms with Gasteiger partial charge in [0.2, 0.25) is 0 Å². The third-order valence-electron chi connectivity index (χ3n) is 8.21. The van der Waals surface area contributed by atoms with Crippen molar-refractivity contribution < 1.29 is 45.8 Å². The monoisotopic (exact) mass is 565 g/mol. The maximum absolute atomic E-state index is 13.7. The first-order valence-corrected chi connectivity index (χ1v) is 13.1. The minimum absolute atomic E-state index is 0.202. The number of benzene rings is 1. The molecule has 3 saturated heterocycles. The quantitative estimate of drug-likeness (QED) is 0.483. The molecule has 4 rings (SSSR count). The van der Waals surface area contributed by atoms with Crippen LogP contribution in [0.5, 0.6) is 0 Å². The van der Waals surface area contributed by atoms with E-state index in [0.717, 1.165) is 31.9 Å². The molecule has 1 amide bonds. The van der Waals surface area contributed by atoms with Gasteiger partial charge in [-0.05, 0) is 75.4 Å². The highest BCUT2D eigenvalue weighted by atomic mass is 19.4. The van der Waals surface area contributed by atoms with Crippen LogP contribution in [-0.4, -0.2) is 82.4 Å². The molecule has 39 heavy (non-hydrogen) atoms. The van der Waals surface area contributed by atoms with E-state index in [1.807, 2.05) is 4.90 Å². The van der Waals surface area contributed by atoms with Crippen molar-refractivity contribution in [2.45, 2.75) is 76.1 Å². The van der Waals surface area contributed by atoms with Crippen molar-refractivity contribution in [2.75, 3.05) is 32.7 Å². The lowest BCUT2D eigenvalue weighted by molar-refractivity contribution is -0.200. The predicted octanol–water partition coefficient (Wildman–Crippen LogP) is 5.13. The zero-order valence-electron chi connectivity index (χ0n) is 21.7. The Morgan fingerprint density at radius 2 is 1.64 bits per heavy atom. The van der Waals surface area contributed by atoms with E-state index in [0.29, 0.717) is 43.5 Å². The van der Waals surface area contributed by atoms with Gasteiger partial charge in [0.05, 0.1) is 11.5 Å². The van der Waals surface area contributed by atoms with Gasteiger partial charge in [-0.3, -0.25) is 14.6 Å². The molecule has 7 nitrogen and oxygen atoms in total. The van der Waals surface area contributed by atoms with Crippen LogP contribution in [0.1, 0.15) is 55.7 Å². The summed E-state index contributed by atoms with van der Waals surface area (Å²) in [6, 6.07) is 3.99. The molecule has 0 aromatic heterocycles. The fourth-order valence-corrected chi connectivity index (χ4v) is 5.97. The van der Waals surface area contributed by atoms with Gasteiger partial charge in [-0.2, -0.15) is 26.3 Å². The first-order chi connectivity index (χ1) is 18.2. The first kappa shape index (κ1) is 29.4. The summed E-state index contributed by atoms with van der Waals surface area (Å²) in [4.78, 5) is 28.8. The van der Waals surface area contributed by atoms with E-state index >= 15 is 0 Å².